The van der Waals surface area contributed by atoms with Crippen LogP contribution in [0.2, 0.25) is 0 Å². The molecule has 0 unspecified atom stereocenters. The van der Waals surface area contributed by atoms with Crippen LogP contribution in [-0.4, -0.2) is 41.7 Å². The molecule has 0 aliphatic carbocycles. The first kappa shape index (κ1) is 19.1. The summed E-state index contributed by atoms with van der Waals surface area (Å²) in [4.78, 5) is 20.0. The molecule has 0 atom stereocenters. The van der Waals surface area contributed by atoms with E-state index in [-0.39, 0.29) is 23.4 Å². The lowest BCUT2D eigenvalue weighted by atomic mass is 10.2. The van der Waals surface area contributed by atoms with E-state index < -0.39 is 10.0 Å². The normalized spacial score (nSPS) is 12.0. The van der Waals surface area contributed by atoms with E-state index in [1.165, 1.54) is 35.6 Å². The summed E-state index contributed by atoms with van der Waals surface area (Å²) in [6, 6.07) is 13.4. The molecular formula is C19H22N4O3S. The minimum absolute atomic E-state index is 0.151. The van der Waals surface area contributed by atoms with Crippen LogP contribution < -0.4 is 5.32 Å². The third kappa shape index (κ3) is 4.01. The number of carbonyl (C=O) groups excluding carboxylic acids is 1. The molecule has 3 aromatic rings. The Morgan fingerprint density at radius 2 is 1.81 bits per heavy atom. The number of fused-ring (bicyclic) bond motifs is 1. The van der Waals surface area contributed by atoms with Gasteiger partial charge in [0.1, 0.15) is 5.82 Å². The van der Waals surface area contributed by atoms with Crippen molar-refractivity contribution in [1.82, 2.24) is 19.6 Å². The molecule has 1 amide bonds. The van der Waals surface area contributed by atoms with E-state index in [0.717, 1.165) is 11.0 Å². The highest BCUT2D eigenvalue weighted by molar-refractivity contribution is 7.89. The van der Waals surface area contributed by atoms with Crippen molar-refractivity contribution in [2.45, 2.75) is 31.3 Å². The molecule has 7 nitrogen and oxygen atoms in total. The zero-order valence-electron chi connectivity index (χ0n) is 15.4. The van der Waals surface area contributed by atoms with E-state index in [1.807, 2.05) is 24.3 Å². The van der Waals surface area contributed by atoms with Gasteiger partial charge in [0.15, 0.2) is 0 Å². The number of aromatic amines is 1. The number of hydrogen-bond acceptors (Lipinski definition) is 4. The Balaban J connectivity index is 1.68. The third-order valence-corrected chi connectivity index (χ3v) is 6.42. The average Bonchev–Trinajstić information content (AvgIpc) is 3.08. The Bertz CT molecular complexity index is 1020. The van der Waals surface area contributed by atoms with E-state index in [0.29, 0.717) is 11.4 Å². The largest absolute Gasteiger partial charge is 0.345 e. The van der Waals surface area contributed by atoms with Crippen molar-refractivity contribution in [3.8, 4) is 0 Å². The molecule has 3 rings (SSSR count). The second-order valence-corrected chi connectivity index (χ2v) is 8.52. The maximum atomic E-state index is 12.5. The van der Waals surface area contributed by atoms with Gasteiger partial charge in [-0.2, -0.15) is 4.31 Å². The summed E-state index contributed by atoms with van der Waals surface area (Å²) in [5.41, 5.74) is 2.13. The Kier molecular flexibility index (Phi) is 5.29. The Morgan fingerprint density at radius 1 is 1.15 bits per heavy atom. The minimum atomic E-state index is -3.56. The van der Waals surface area contributed by atoms with Gasteiger partial charge < -0.3 is 10.3 Å². The maximum Gasteiger partial charge on any atom is 0.251 e. The van der Waals surface area contributed by atoms with Crippen LogP contribution in [0, 0.1) is 0 Å². The van der Waals surface area contributed by atoms with Crippen molar-refractivity contribution < 1.29 is 13.2 Å². The third-order valence-electron chi connectivity index (χ3n) is 4.38. The lowest BCUT2D eigenvalue weighted by Gasteiger charge is -2.21. The first-order valence-electron chi connectivity index (χ1n) is 8.59. The van der Waals surface area contributed by atoms with Crippen LogP contribution in [0.1, 0.15) is 30.0 Å². The highest BCUT2D eigenvalue weighted by atomic mass is 32.2. The van der Waals surface area contributed by atoms with Gasteiger partial charge in [-0.1, -0.05) is 12.1 Å². The van der Waals surface area contributed by atoms with Crippen LogP contribution in [0.5, 0.6) is 0 Å². The molecule has 0 saturated carbocycles. The number of H-pyrrole nitrogens is 1. The highest BCUT2D eigenvalue weighted by Crippen LogP contribution is 2.17. The smallest absolute Gasteiger partial charge is 0.251 e. The van der Waals surface area contributed by atoms with Gasteiger partial charge in [-0.25, -0.2) is 13.4 Å². The summed E-state index contributed by atoms with van der Waals surface area (Å²) in [5, 5.41) is 2.78. The SMILES string of the molecule is CC(C)N(C)S(=O)(=O)c1ccc(C(=O)NCc2nc3ccccc3[nH]2)cc1. The second kappa shape index (κ2) is 7.50. The standard InChI is InChI=1S/C19H22N4O3S/c1-13(2)23(3)27(25,26)15-10-8-14(9-11-15)19(24)20-12-18-21-16-6-4-5-7-17(16)22-18/h4-11,13H,12H2,1-3H3,(H,20,24)(H,21,22). The predicted molar refractivity (Wildman–Crippen MR) is 104 cm³/mol. The predicted octanol–water partition coefficient (Wildman–Crippen LogP) is 2.52. The molecule has 2 aromatic carbocycles. The van der Waals surface area contributed by atoms with E-state index in [2.05, 4.69) is 15.3 Å². The molecule has 0 spiro atoms. The Morgan fingerprint density at radius 3 is 2.44 bits per heavy atom. The lowest BCUT2D eigenvalue weighted by Crippen LogP contribution is -2.33. The number of rotatable bonds is 6. The first-order chi connectivity index (χ1) is 12.8. The Labute approximate surface area is 158 Å². The van der Waals surface area contributed by atoms with Crippen LogP contribution >= 0.6 is 0 Å². The molecule has 142 valence electrons. The molecule has 0 saturated heterocycles. The molecule has 0 bridgehead atoms. The molecule has 0 aliphatic rings. The molecular weight excluding hydrogens is 364 g/mol. The fraction of sp³-hybridized carbons (Fsp3) is 0.263. The van der Waals surface area contributed by atoms with Crippen LogP contribution in [0.25, 0.3) is 11.0 Å². The number of para-hydroxylation sites is 2. The van der Waals surface area contributed by atoms with Gasteiger partial charge in [0.05, 0.1) is 22.5 Å². The number of hydrogen-bond donors (Lipinski definition) is 2. The highest BCUT2D eigenvalue weighted by Gasteiger charge is 2.23. The number of nitrogens with one attached hydrogen (secondary N) is 2. The van der Waals surface area contributed by atoms with Gasteiger partial charge in [-0.3, -0.25) is 4.79 Å². The van der Waals surface area contributed by atoms with E-state index in [9.17, 15) is 13.2 Å². The van der Waals surface area contributed by atoms with E-state index in [1.54, 1.807) is 13.8 Å². The number of amides is 1. The van der Waals surface area contributed by atoms with Crippen LogP contribution in [0.3, 0.4) is 0 Å². The van der Waals surface area contributed by atoms with Crippen LogP contribution in [0.4, 0.5) is 0 Å². The van der Waals surface area contributed by atoms with Crippen molar-refractivity contribution in [3.63, 3.8) is 0 Å². The second-order valence-electron chi connectivity index (χ2n) is 6.52. The first-order valence-corrected chi connectivity index (χ1v) is 10.0. The van der Waals surface area contributed by atoms with Gasteiger partial charge in [-0.05, 0) is 50.2 Å². The van der Waals surface area contributed by atoms with E-state index in [4.69, 9.17) is 0 Å². The molecule has 0 aliphatic heterocycles. The summed E-state index contributed by atoms with van der Waals surface area (Å²) in [6.45, 7) is 3.86. The molecule has 1 heterocycles. The lowest BCUT2D eigenvalue weighted by molar-refractivity contribution is 0.0950. The molecule has 0 radical (unpaired) electrons. The van der Waals surface area contributed by atoms with Crippen molar-refractivity contribution in [2.24, 2.45) is 0 Å². The number of sulfonamides is 1. The van der Waals surface area contributed by atoms with Gasteiger partial charge in [-0.15, -0.1) is 0 Å². The van der Waals surface area contributed by atoms with Crippen LogP contribution in [-0.2, 0) is 16.6 Å². The molecule has 27 heavy (non-hydrogen) atoms. The number of imidazole rings is 1. The molecule has 8 heteroatoms. The molecule has 2 N–H and O–H groups in total. The topological polar surface area (TPSA) is 95.2 Å². The summed E-state index contributed by atoms with van der Waals surface area (Å²) >= 11 is 0. The van der Waals surface area contributed by atoms with Gasteiger partial charge in [0.25, 0.3) is 5.91 Å². The van der Waals surface area contributed by atoms with Gasteiger partial charge >= 0.3 is 0 Å². The fourth-order valence-corrected chi connectivity index (χ4v) is 3.95. The number of carbonyl (C=O) groups is 1. The average molecular weight is 386 g/mol. The maximum absolute atomic E-state index is 12.5. The van der Waals surface area contributed by atoms with Gasteiger partial charge in [0, 0.05) is 18.7 Å². The van der Waals surface area contributed by atoms with Gasteiger partial charge in [0.2, 0.25) is 10.0 Å². The molecule has 0 fully saturated rings. The summed E-state index contributed by atoms with van der Waals surface area (Å²) in [5.74, 6) is 0.360. The number of benzene rings is 2. The summed E-state index contributed by atoms with van der Waals surface area (Å²) in [7, 11) is -2.03. The zero-order chi connectivity index (χ0) is 19.6. The van der Waals surface area contributed by atoms with Crippen molar-refractivity contribution in [1.29, 1.82) is 0 Å². The zero-order valence-corrected chi connectivity index (χ0v) is 16.2. The van der Waals surface area contributed by atoms with Crippen molar-refractivity contribution >= 4 is 27.0 Å². The molecule has 1 aromatic heterocycles. The summed E-state index contributed by atoms with van der Waals surface area (Å²) in [6.07, 6.45) is 0. The van der Waals surface area contributed by atoms with Crippen molar-refractivity contribution in [2.75, 3.05) is 7.05 Å². The number of nitrogens with zero attached hydrogens (tertiary/aromatic N) is 2. The monoisotopic (exact) mass is 386 g/mol. The fourth-order valence-electron chi connectivity index (χ4n) is 2.58. The number of aromatic nitrogens is 2. The minimum Gasteiger partial charge on any atom is -0.345 e. The summed E-state index contributed by atoms with van der Waals surface area (Å²) < 4.78 is 26.2. The van der Waals surface area contributed by atoms with Crippen molar-refractivity contribution in [3.05, 3.63) is 59.9 Å². The van der Waals surface area contributed by atoms with E-state index >= 15 is 0 Å². The quantitative estimate of drug-likeness (QED) is 0.680. The van der Waals surface area contributed by atoms with Crippen LogP contribution in [0.15, 0.2) is 53.4 Å². The Hall–Kier alpha value is -2.71.